The normalized spacial score (nSPS) is 11.7. The average Bonchev–Trinajstić information content (AvgIpc) is 2.28. The first-order chi connectivity index (χ1) is 8.45. The molecule has 6 heteroatoms. The Bertz CT molecular complexity index is 463. The molecule has 1 aromatic rings. The van der Waals surface area contributed by atoms with Crippen molar-refractivity contribution in [2.75, 3.05) is 6.54 Å². The van der Waals surface area contributed by atoms with Crippen molar-refractivity contribution in [2.45, 2.75) is 19.9 Å². The number of likely N-dealkylation sites (N-methyl/N-ethyl adjacent to an activating group) is 1. The van der Waals surface area contributed by atoms with Crippen LogP contribution in [0.2, 0.25) is 0 Å². The molecule has 2 amide bonds. The fourth-order valence-electron chi connectivity index (χ4n) is 1.36. The van der Waals surface area contributed by atoms with E-state index in [0.717, 1.165) is 12.1 Å². The highest BCUT2D eigenvalue weighted by Crippen LogP contribution is 2.14. The van der Waals surface area contributed by atoms with Gasteiger partial charge in [-0.1, -0.05) is 0 Å². The molecular weight excluding hydrogens is 239 g/mol. The maximum atomic E-state index is 13.4. The van der Waals surface area contributed by atoms with Crippen LogP contribution in [-0.4, -0.2) is 29.5 Å². The molecule has 0 saturated carbocycles. The molecule has 98 valence electrons. The van der Waals surface area contributed by atoms with E-state index in [1.165, 1.54) is 13.0 Å². The van der Waals surface area contributed by atoms with E-state index in [-0.39, 0.29) is 17.2 Å². The van der Waals surface area contributed by atoms with Gasteiger partial charge in [0, 0.05) is 12.6 Å². The Balaban J connectivity index is 2.73. The Morgan fingerprint density at radius 1 is 1.44 bits per heavy atom. The summed E-state index contributed by atoms with van der Waals surface area (Å²) in [6.45, 7) is 3.71. The van der Waals surface area contributed by atoms with Crippen LogP contribution < -0.4 is 10.6 Å². The Morgan fingerprint density at radius 2 is 2.11 bits per heavy atom. The molecule has 1 atom stereocenters. The van der Waals surface area contributed by atoms with Gasteiger partial charge >= 0.3 is 0 Å². The maximum Gasteiger partial charge on any atom is 0.254 e. The SMILES string of the molecule is CCNC(=O)C(C)NC(=O)c1ccc(O)cc1F. The second-order valence-electron chi connectivity index (χ2n) is 3.75. The molecule has 5 nitrogen and oxygen atoms in total. The highest BCUT2D eigenvalue weighted by Gasteiger charge is 2.18. The molecule has 0 bridgehead atoms. The molecule has 0 fully saturated rings. The topological polar surface area (TPSA) is 78.4 Å². The van der Waals surface area contributed by atoms with Crippen molar-refractivity contribution in [3.05, 3.63) is 29.6 Å². The molecule has 0 heterocycles. The van der Waals surface area contributed by atoms with Gasteiger partial charge in [0.1, 0.15) is 17.6 Å². The minimum Gasteiger partial charge on any atom is -0.508 e. The Hall–Kier alpha value is -2.11. The van der Waals surface area contributed by atoms with E-state index in [2.05, 4.69) is 10.6 Å². The molecule has 0 aromatic heterocycles. The highest BCUT2D eigenvalue weighted by atomic mass is 19.1. The van der Waals surface area contributed by atoms with Crippen LogP contribution >= 0.6 is 0 Å². The van der Waals surface area contributed by atoms with E-state index in [9.17, 15) is 14.0 Å². The Kier molecular flexibility index (Phi) is 4.65. The third-order valence-electron chi connectivity index (χ3n) is 2.29. The van der Waals surface area contributed by atoms with Crippen LogP contribution in [0.1, 0.15) is 24.2 Å². The molecule has 1 rings (SSSR count). The lowest BCUT2D eigenvalue weighted by atomic mass is 10.1. The van der Waals surface area contributed by atoms with Gasteiger partial charge in [0.2, 0.25) is 5.91 Å². The summed E-state index contributed by atoms with van der Waals surface area (Å²) in [5.41, 5.74) is -0.219. The minimum absolute atomic E-state index is 0.219. The molecule has 0 saturated heterocycles. The van der Waals surface area contributed by atoms with Crippen LogP contribution in [0.25, 0.3) is 0 Å². The first-order valence-corrected chi connectivity index (χ1v) is 5.52. The van der Waals surface area contributed by atoms with Crippen molar-refractivity contribution in [2.24, 2.45) is 0 Å². The first-order valence-electron chi connectivity index (χ1n) is 5.52. The van der Waals surface area contributed by atoms with Gasteiger partial charge in [-0.05, 0) is 26.0 Å². The summed E-state index contributed by atoms with van der Waals surface area (Å²) in [6, 6.07) is 2.44. The summed E-state index contributed by atoms with van der Waals surface area (Å²) in [5, 5.41) is 13.9. The summed E-state index contributed by atoms with van der Waals surface area (Å²) in [4.78, 5) is 23.1. The number of aromatic hydroxyl groups is 1. The van der Waals surface area contributed by atoms with E-state index in [1.54, 1.807) is 6.92 Å². The van der Waals surface area contributed by atoms with Gasteiger partial charge in [-0.3, -0.25) is 9.59 Å². The number of benzene rings is 1. The number of halogens is 1. The maximum absolute atomic E-state index is 13.4. The average molecular weight is 254 g/mol. The van der Waals surface area contributed by atoms with Crippen LogP contribution in [0.4, 0.5) is 4.39 Å². The van der Waals surface area contributed by atoms with Crippen LogP contribution in [0.3, 0.4) is 0 Å². The number of hydrogen-bond acceptors (Lipinski definition) is 3. The monoisotopic (exact) mass is 254 g/mol. The molecule has 18 heavy (non-hydrogen) atoms. The fraction of sp³-hybridized carbons (Fsp3) is 0.333. The number of amides is 2. The van der Waals surface area contributed by atoms with Crippen LogP contribution in [-0.2, 0) is 4.79 Å². The largest absolute Gasteiger partial charge is 0.508 e. The zero-order valence-electron chi connectivity index (χ0n) is 10.2. The zero-order chi connectivity index (χ0) is 13.7. The van der Waals surface area contributed by atoms with Gasteiger partial charge < -0.3 is 15.7 Å². The lowest BCUT2D eigenvalue weighted by Gasteiger charge is -2.13. The highest BCUT2D eigenvalue weighted by molar-refractivity contribution is 5.97. The number of nitrogens with one attached hydrogen (secondary N) is 2. The number of phenols is 1. The Morgan fingerprint density at radius 3 is 2.67 bits per heavy atom. The predicted molar refractivity (Wildman–Crippen MR) is 63.7 cm³/mol. The third kappa shape index (κ3) is 3.44. The van der Waals surface area contributed by atoms with Crippen molar-refractivity contribution in [3.8, 4) is 5.75 Å². The third-order valence-corrected chi connectivity index (χ3v) is 2.29. The van der Waals surface area contributed by atoms with Crippen molar-refractivity contribution < 1.29 is 19.1 Å². The number of hydrogen-bond donors (Lipinski definition) is 3. The second kappa shape index (κ2) is 6.00. The lowest BCUT2D eigenvalue weighted by Crippen LogP contribution is -2.44. The van der Waals surface area contributed by atoms with Gasteiger partial charge in [0.15, 0.2) is 0 Å². The van der Waals surface area contributed by atoms with Gasteiger partial charge in [-0.25, -0.2) is 4.39 Å². The standard InChI is InChI=1S/C12H15FN2O3/c1-3-14-11(17)7(2)15-12(18)9-5-4-8(16)6-10(9)13/h4-7,16H,3H2,1-2H3,(H,14,17)(H,15,18). The summed E-state index contributed by atoms with van der Waals surface area (Å²) in [7, 11) is 0. The van der Waals surface area contributed by atoms with Crippen LogP contribution in [0.5, 0.6) is 5.75 Å². The predicted octanol–water partition coefficient (Wildman–Crippen LogP) is 0.786. The molecule has 1 unspecified atom stereocenters. The van der Waals surface area contributed by atoms with E-state index >= 15 is 0 Å². The van der Waals surface area contributed by atoms with Gasteiger partial charge in [0.05, 0.1) is 5.56 Å². The molecule has 0 spiro atoms. The van der Waals surface area contributed by atoms with Gasteiger partial charge in [-0.15, -0.1) is 0 Å². The number of carbonyl (C=O) groups is 2. The smallest absolute Gasteiger partial charge is 0.254 e. The summed E-state index contributed by atoms with van der Waals surface area (Å²) >= 11 is 0. The fourth-order valence-corrected chi connectivity index (χ4v) is 1.36. The quantitative estimate of drug-likeness (QED) is 0.743. The van der Waals surface area contributed by atoms with E-state index in [4.69, 9.17) is 5.11 Å². The number of rotatable bonds is 4. The van der Waals surface area contributed by atoms with Crippen LogP contribution in [0, 0.1) is 5.82 Å². The van der Waals surface area contributed by atoms with E-state index in [0.29, 0.717) is 6.54 Å². The van der Waals surface area contributed by atoms with Crippen molar-refractivity contribution in [1.82, 2.24) is 10.6 Å². The summed E-state index contributed by atoms with van der Waals surface area (Å²) < 4.78 is 13.4. The van der Waals surface area contributed by atoms with Gasteiger partial charge in [0.25, 0.3) is 5.91 Å². The summed E-state index contributed by atoms with van der Waals surface area (Å²) in [5.74, 6) is -2.15. The van der Waals surface area contributed by atoms with Crippen molar-refractivity contribution in [3.63, 3.8) is 0 Å². The zero-order valence-corrected chi connectivity index (χ0v) is 10.2. The summed E-state index contributed by atoms with van der Waals surface area (Å²) in [6.07, 6.45) is 0. The molecule has 0 aliphatic carbocycles. The number of phenolic OH excluding ortho intramolecular Hbond substituents is 1. The first kappa shape index (κ1) is 14.0. The molecule has 0 aliphatic rings. The Labute approximate surface area is 104 Å². The van der Waals surface area contributed by atoms with Crippen molar-refractivity contribution in [1.29, 1.82) is 0 Å². The van der Waals surface area contributed by atoms with Crippen molar-refractivity contribution >= 4 is 11.8 Å². The molecule has 3 N–H and O–H groups in total. The van der Waals surface area contributed by atoms with Crippen LogP contribution in [0.15, 0.2) is 18.2 Å². The van der Waals surface area contributed by atoms with E-state index < -0.39 is 17.8 Å². The van der Waals surface area contributed by atoms with Gasteiger partial charge in [-0.2, -0.15) is 0 Å². The minimum atomic E-state index is -0.837. The molecule has 0 aliphatic heterocycles. The molecular formula is C12H15FN2O3. The molecule has 1 aromatic carbocycles. The molecule has 0 radical (unpaired) electrons. The van der Waals surface area contributed by atoms with E-state index in [1.807, 2.05) is 0 Å². The second-order valence-corrected chi connectivity index (χ2v) is 3.75. The number of carbonyl (C=O) groups excluding carboxylic acids is 2. The lowest BCUT2D eigenvalue weighted by molar-refractivity contribution is -0.122.